The predicted molar refractivity (Wildman–Crippen MR) is 121 cm³/mol. The summed E-state index contributed by atoms with van der Waals surface area (Å²) in [7, 11) is 0. The number of nitrogens with zero attached hydrogens (tertiary/aromatic N) is 1. The van der Waals surface area contributed by atoms with E-state index in [1.54, 1.807) is 11.3 Å². The van der Waals surface area contributed by atoms with Crippen LogP contribution in [0.3, 0.4) is 0 Å². The lowest BCUT2D eigenvalue weighted by molar-refractivity contribution is -0.118. The molecular weight excluding hydrogens is 426 g/mol. The average molecular weight is 448 g/mol. The van der Waals surface area contributed by atoms with Crippen LogP contribution in [0.5, 0.6) is 0 Å². The van der Waals surface area contributed by atoms with Crippen molar-refractivity contribution in [3.05, 3.63) is 61.5 Å². The molecule has 152 valence electrons. The highest BCUT2D eigenvalue weighted by Gasteiger charge is 2.19. The molecule has 2 heterocycles. The van der Waals surface area contributed by atoms with Crippen molar-refractivity contribution in [2.45, 2.75) is 37.9 Å². The highest BCUT2D eigenvalue weighted by atomic mass is 35.5. The molecule has 8 heteroatoms. The number of carbonyl (C=O) groups excluding carboxylic acids is 1. The molecule has 2 N–H and O–H groups in total. The quantitative estimate of drug-likeness (QED) is 0.571. The van der Waals surface area contributed by atoms with E-state index in [4.69, 9.17) is 11.6 Å². The van der Waals surface area contributed by atoms with Crippen LogP contribution in [-0.4, -0.2) is 28.2 Å². The number of halogens is 1. The Morgan fingerprint density at radius 3 is 3.03 bits per heavy atom. The van der Waals surface area contributed by atoms with Crippen LogP contribution in [0.4, 0.5) is 0 Å². The largest absolute Gasteiger partial charge is 0.355 e. The number of aromatic amines is 1. The van der Waals surface area contributed by atoms with Crippen molar-refractivity contribution < 1.29 is 4.79 Å². The van der Waals surface area contributed by atoms with E-state index in [0.717, 1.165) is 41.5 Å². The van der Waals surface area contributed by atoms with Crippen LogP contribution in [0.2, 0.25) is 5.02 Å². The van der Waals surface area contributed by atoms with E-state index in [1.165, 1.54) is 28.6 Å². The number of H-pyrrole nitrogens is 1. The molecule has 0 saturated carbocycles. The van der Waals surface area contributed by atoms with Gasteiger partial charge in [-0.3, -0.25) is 9.59 Å². The first-order valence-electron chi connectivity index (χ1n) is 9.72. The maximum atomic E-state index is 12.5. The van der Waals surface area contributed by atoms with Crippen molar-refractivity contribution in [3.8, 4) is 0 Å². The fourth-order valence-electron chi connectivity index (χ4n) is 3.61. The molecule has 0 radical (unpaired) electrons. The van der Waals surface area contributed by atoms with E-state index >= 15 is 0 Å². The zero-order valence-electron chi connectivity index (χ0n) is 15.9. The van der Waals surface area contributed by atoms with Gasteiger partial charge in [-0.05, 0) is 55.4 Å². The number of nitrogens with one attached hydrogen (secondary N) is 2. The molecule has 0 fully saturated rings. The molecule has 0 bridgehead atoms. The summed E-state index contributed by atoms with van der Waals surface area (Å²) >= 11 is 9.07. The SMILES string of the molecule is O=C(CSCc1nc2sc3c(c2c(=O)[nH]1)CCCC3)NCCc1cccc(Cl)c1. The second kappa shape index (κ2) is 9.32. The molecule has 0 atom stereocenters. The van der Waals surface area contributed by atoms with Crippen molar-refractivity contribution in [1.29, 1.82) is 0 Å². The second-order valence-corrected chi connectivity index (χ2v) is 9.63. The summed E-state index contributed by atoms with van der Waals surface area (Å²) in [6.07, 6.45) is 5.10. The molecule has 1 aliphatic carbocycles. The third-order valence-corrected chi connectivity index (χ3v) is 7.34. The Morgan fingerprint density at radius 1 is 1.31 bits per heavy atom. The lowest BCUT2D eigenvalue weighted by atomic mass is 9.97. The topological polar surface area (TPSA) is 74.8 Å². The molecule has 1 aromatic carbocycles. The summed E-state index contributed by atoms with van der Waals surface area (Å²) in [4.78, 5) is 34.3. The van der Waals surface area contributed by atoms with Gasteiger partial charge in [-0.2, -0.15) is 0 Å². The fourth-order valence-corrected chi connectivity index (χ4v) is 5.82. The van der Waals surface area contributed by atoms with Crippen molar-refractivity contribution in [2.75, 3.05) is 12.3 Å². The van der Waals surface area contributed by atoms with Crippen LogP contribution >= 0.6 is 34.7 Å². The van der Waals surface area contributed by atoms with Gasteiger partial charge in [0.05, 0.1) is 16.9 Å². The lowest BCUT2D eigenvalue weighted by Gasteiger charge is -2.09. The van der Waals surface area contributed by atoms with Gasteiger partial charge in [-0.25, -0.2) is 4.98 Å². The molecule has 1 amide bonds. The highest BCUT2D eigenvalue weighted by Crippen LogP contribution is 2.33. The first kappa shape index (κ1) is 20.4. The summed E-state index contributed by atoms with van der Waals surface area (Å²) in [6.45, 7) is 0.571. The molecule has 29 heavy (non-hydrogen) atoms. The minimum absolute atomic E-state index is 0.0213. The van der Waals surface area contributed by atoms with Gasteiger partial charge in [0.25, 0.3) is 5.56 Å². The van der Waals surface area contributed by atoms with Gasteiger partial charge < -0.3 is 10.3 Å². The van der Waals surface area contributed by atoms with Crippen LogP contribution in [-0.2, 0) is 29.8 Å². The van der Waals surface area contributed by atoms with E-state index in [-0.39, 0.29) is 11.5 Å². The molecule has 5 nitrogen and oxygen atoms in total. The Hall–Kier alpha value is -1.83. The van der Waals surface area contributed by atoms with Gasteiger partial charge in [-0.1, -0.05) is 23.7 Å². The maximum Gasteiger partial charge on any atom is 0.259 e. The Labute approximate surface area is 182 Å². The van der Waals surface area contributed by atoms with Crippen LogP contribution in [0, 0.1) is 0 Å². The zero-order valence-corrected chi connectivity index (χ0v) is 18.3. The number of thioether (sulfide) groups is 1. The summed E-state index contributed by atoms with van der Waals surface area (Å²) in [5.74, 6) is 1.46. The van der Waals surface area contributed by atoms with E-state index in [1.807, 2.05) is 24.3 Å². The molecule has 0 aliphatic heterocycles. The van der Waals surface area contributed by atoms with Crippen molar-refractivity contribution in [1.82, 2.24) is 15.3 Å². The number of rotatable bonds is 7. The van der Waals surface area contributed by atoms with E-state index < -0.39 is 0 Å². The van der Waals surface area contributed by atoms with Gasteiger partial charge in [0.1, 0.15) is 10.7 Å². The first-order valence-corrected chi connectivity index (χ1v) is 12.1. The van der Waals surface area contributed by atoms with Gasteiger partial charge in [0, 0.05) is 16.4 Å². The minimum Gasteiger partial charge on any atom is -0.355 e. The molecule has 2 aromatic heterocycles. The van der Waals surface area contributed by atoms with Gasteiger partial charge in [0.15, 0.2) is 0 Å². The third-order valence-electron chi connectivity index (χ3n) is 4.97. The maximum absolute atomic E-state index is 12.5. The van der Waals surface area contributed by atoms with E-state index in [2.05, 4.69) is 15.3 Å². The lowest BCUT2D eigenvalue weighted by Crippen LogP contribution is -2.27. The molecule has 3 aromatic rings. The Kier molecular flexibility index (Phi) is 6.57. The monoisotopic (exact) mass is 447 g/mol. The summed E-state index contributed by atoms with van der Waals surface area (Å²) in [5, 5.41) is 4.40. The Morgan fingerprint density at radius 2 is 2.17 bits per heavy atom. The summed E-state index contributed by atoms with van der Waals surface area (Å²) in [5.41, 5.74) is 2.25. The summed E-state index contributed by atoms with van der Waals surface area (Å²) in [6, 6.07) is 7.64. The minimum atomic E-state index is -0.0454. The predicted octanol–water partition coefficient (Wildman–Crippen LogP) is 4.11. The molecule has 0 unspecified atom stereocenters. The fraction of sp³-hybridized carbons (Fsp3) is 0.381. The van der Waals surface area contributed by atoms with Gasteiger partial charge >= 0.3 is 0 Å². The standard InChI is InChI=1S/C21H22ClN3O2S2/c22-14-5-3-4-13(10-14)8-9-23-18(26)12-28-11-17-24-20(27)19-15-6-1-2-7-16(15)29-21(19)25-17/h3-5,10H,1-2,6-9,11-12H2,(H,23,26)(H,24,25,27). The highest BCUT2D eigenvalue weighted by molar-refractivity contribution is 7.99. The molecule has 1 aliphatic rings. The van der Waals surface area contributed by atoms with E-state index in [0.29, 0.717) is 28.9 Å². The number of amides is 1. The number of thiophene rings is 1. The first-order chi connectivity index (χ1) is 14.1. The number of fused-ring (bicyclic) bond motifs is 3. The van der Waals surface area contributed by atoms with Crippen LogP contribution < -0.4 is 10.9 Å². The molecule has 0 spiro atoms. The molecular formula is C21H22ClN3O2S2. The van der Waals surface area contributed by atoms with Gasteiger partial charge in [-0.15, -0.1) is 23.1 Å². The zero-order chi connectivity index (χ0) is 20.2. The van der Waals surface area contributed by atoms with Crippen LogP contribution in [0.25, 0.3) is 10.2 Å². The van der Waals surface area contributed by atoms with E-state index in [9.17, 15) is 9.59 Å². The number of hydrogen-bond acceptors (Lipinski definition) is 5. The summed E-state index contributed by atoms with van der Waals surface area (Å²) < 4.78 is 0. The smallest absolute Gasteiger partial charge is 0.259 e. The second-order valence-electron chi connectivity index (χ2n) is 7.13. The van der Waals surface area contributed by atoms with Gasteiger partial charge in [0.2, 0.25) is 5.91 Å². The average Bonchev–Trinajstić information content (AvgIpc) is 3.07. The van der Waals surface area contributed by atoms with Crippen LogP contribution in [0.1, 0.15) is 34.7 Å². The number of hydrogen-bond donors (Lipinski definition) is 2. The van der Waals surface area contributed by atoms with Crippen molar-refractivity contribution >= 4 is 50.8 Å². The normalized spacial score (nSPS) is 13.4. The molecule has 0 saturated heterocycles. The van der Waals surface area contributed by atoms with Crippen molar-refractivity contribution in [2.24, 2.45) is 0 Å². The third kappa shape index (κ3) is 5.02. The number of carbonyl (C=O) groups is 1. The number of aromatic nitrogens is 2. The van der Waals surface area contributed by atoms with Crippen molar-refractivity contribution in [3.63, 3.8) is 0 Å². The number of aryl methyl sites for hydroxylation is 2. The Bertz CT molecular complexity index is 1090. The number of benzene rings is 1. The van der Waals surface area contributed by atoms with Crippen LogP contribution in [0.15, 0.2) is 29.1 Å². The Balaban J connectivity index is 1.28. The molecule has 4 rings (SSSR count).